The van der Waals surface area contributed by atoms with Crippen LogP contribution in [0.25, 0.3) is 22.1 Å². The predicted molar refractivity (Wildman–Crippen MR) is 78.5 cm³/mol. The van der Waals surface area contributed by atoms with Crippen molar-refractivity contribution in [2.24, 2.45) is 0 Å². The summed E-state index contributed by atoms with van der Waals surface area (Å²) < 4.78 is 19.5. The Labute approximate surface area is 120 Å². The summed E-state index contributed by atoms with van der Waals surface area (Å²) in [7, 11) is 0. The van der Waals surface area contributed by atoms with Gasteiger partial charge in [0, 0.05) is 0 Å². The van der Waals surface area contributed by atoms with Gasteiger partial charge in [0.15, 0.2) is 0 Å². The topological polar surface area (TPSA) is 50.4 Å². The van der Waals surface area contributed by atoms with E-state index in [1.165, 1.54) is 18.2 Å². The molecule has 3 rings (SSSR count). The number of fused-ring (bicyclic) bond motifs is 1. The van der Waals surface area contributed by atoms with Crippen molar-refractivity contribution < 1.29 is 13.9 Å². The van der Waals surface area contributed by atoms with Crippen molar-refractivity contribution in [3.8, 4) is 11.1 Å². The van der Waals surface area contributed by atoms with Crippen molar-refractivity contribution in [1.29, 1.82) is 0 Å². The molecule has 0 amide bonds. The molecule has 1 N–H and O–H groups in total. The van der Waals surface area contributed by atoms with Gasteiger partial charge in [0.1, 0.15) is 29.2 Å². The Hall–Kier alpha value is -2.46. The third-order valence-corrected chi connectivity index (χ3v) is 3.50. The molecule has 2 aromatic carbocycles. The second-order valence-electron chi connectivity index (χ2n) is 4.82. The molecule has 0 atom stereocenters. The Morgan fingerprint density at radius 3 is 2.62 bits per heavy atom. The predicted octanol–water partition coefficient (Wildman–Crippen LogP) is 3.40. The number of rotatable bonds is 2. The number of halogens is 1. The molecule has 106 valence electrons. The van der Waals surface area contributed by atoms with E-state index in [9.17, 15) is 14.3 Å². The van der Waals surface area contributed by atoms with Crippen molar-refractivity contribution in [2.45, 2.75) is 13.5 Å². The van der Waals surface area contributed by atoms with Crippen molar-refractivity contribution in [2.75, 3.05) is 0 Å². The smallest absolute Gasteiger partial charge is 0.203 e. The maximum Gasteiger partial charge on any atom is 0.203 e. The van der Waals surface area contributed by atoms with Crippen LogP contribution in [0.5, 0.6) is 0 Å². The average molecular weight is 284 g/mol. The van der Waals surface area contributed by atoms with E-state index >= 15 is 0 Å². The Balaban J connectivity index is 2.48. The summed E-state index contributed by atoms with van der Waals surface area (Å²) in [4.78, 5) is 12.7. The average Bonchev–Trinajstić information content (AvgIpc) is 2.48. The van der Waals surface area contributed by atoms with E-state index in [-0.39, 0.29) is 22.3 Å². The molecule has 0 bridgehead atoms. The second kappa shape index (κ2) is 5.14. The van der Waals surface area contributed by atoms with Gasteiger partial charge in [-0.3, -0.25) is 4.79 Å². The Morgan fingerprint density at radius 1 is 1.14 bits per heavy atom. The number of aryl methyl sites for hydroxylation is 1. The molecule has 0 saturated heterocycles. The van der Waals surface area contributed by atoms with Crippen LogP contribution in [-0.4, -0.2) is 5.11 Å². The minimum Gasteiger partial charge on any atom is -0.458 e. The molecule has 0 unspecified atom stereocenters. The lowest BCUT2D eigenvalue weighted by molar-refractivity contribution is 0.249. The van der Waals surface area contributed by atoms with E-state index in [1.54, 1.807) is 12.1 Å². The zero-order valence-electron chi connectivity index (χ0n) is 11.4. The van der Waals surface area contributed by atoms with Crippen molar-refractivity contribution in [3.63, 3.8) is 0 Å². The number of aliphatic hydroxyl groups is 1. The van der Waals surface area contributed by atoms with Crippen LogP contribution in [0.4, 0.5) is 4.39 Å². The molecular formula is C17H13FO3. The van der Waals surface area contributed by atoms with Gasteiger partial charge in [0.2, 0.25) is 5.43 Å². The molecule has 3 nitrogen and oxygen atoms in total. The van der Waals surface area contributed by atoms with Gasteiger partial charge >= 0.3 is 0 Å². The number of benzene rings is 2. The molecule has 0 spiro atoms. The maximum atomic E-state index is 14.0. The van der Waals surface area contributed by atoms with Crippen LogP contribution in [0, 0.1) is 12.7 Å². The fourth-order valence-electron chi connectivity index (χ4n) is 2.48. The van der Waals surface area contributed by atoms with Gasteiger partial charge in [-0.15, -0.1) is 0 Å². The fourth-order valence-corrected chi connectivity index (χ4v) is 2.48. The highest BCUT2D eigenvalue weighted by atomic mass is 19.1. The molecule has 0 aliphatic carbocycles. The third-order valence-electron chi connectivity index (χ3n) is 3.50. The first kappa shape index (κ1) is 13.5. The van der Waals surface area contributed by atoms with Crippen molar-refractivity contribution in [3.05, 3.63) is 69.8 Å². The van der Waals surface area contributed by atoms with E-state index in [2.05, 4.69) is 0 Å². The minimum atomic E-state index is -0.624. The fraction of sp³-hybridized carbons (Fsp3) is 0.118. The SMILES string of the molecule is Cc1ccccc1-c1c(CO)oc2cccc(F)c2c1=O. The number of hydrogen-bond acceptors (Lipinski definition) is 3. The summed E-state index contributed by atoms with van der Waals surface area (Å²) in [5.74, 6) is -0.479. The number of aliphatic hydroxyl groups excluding tert-OH is 1. The van der Waals surface area contributed by atoms with Gasteiger partial charge < -0.3 is 9.52 Å². The first-order valence-electron chi connectivity index (χ1n) is 6.54. The lowest BCUT2D eigenvalue weighted by Crippen LogP contribution is -2.11. The summed E-state index contributed by atoms with van der Waals surface area (Å²) >= 11 is 0. The first-order chi connectivity index (χ1) is 10.1. The molecule has 1 heterocycles. The zero-order chi connectivity index (χ0) is 15.0. The van der Waals surface area contributed by atoms with Crippen molar-refractivity contribution in [1.82, 2.24) is 0 Å². The van der Waals surface area contributed by atoms with E-state index < -0.39 is 17.9 Å². The highest BCUT2D eigenvalue weighted by Gasteiger charge is 2.18. The normalized spacial score (nSPS) is 11.0. The summed E-state index contributed by atoms with van der Waals surface area (Å²) in [5, 5.41) is 9.41. The van der Waals surface area contributed by atoms with Crippen LogP contribution >= 0.6 is 0 Å². The van der Waals surface area contributed by atoms with Gasteiger partial charge in [-0.05, 0) is 30.2 Å². The molecular weight excluding hydrogens is 271 g/mol. The number of hydrogen-bond donors (Lipinski definition) is 1. The minimum absolute atomic E-state index is 0.0899. The molecule has 0 aliphatic rings. The van der Waals surface area contributed by atoms with E-state index in [1.807, 2.05) is 19.1 Å². The molecule has 0 aliphatic heterocycles. The molecule has 4 heteroatoms. The van der Waals surface area contributed by atoms with Gasteiger partial charge in [-0.1, -0.05) is 30.3 Å². The second-order valence-corrected chi connectivity index (χ2v) is 4.82. The quantitative estimate of drug-likeness (QED) is 0.784. The summed E-state index contributed by atoms with van der Waals surface area (Å²) in [6, 6.07) is 11.4. The van der Waals surface area contributed by atoms with Crippen LogP contribution in [0.15, 0.2) is 51.7 Å². The molecule has 0 fully saturated rings. The summed E-state index contributed by atoms with van der Waals surface area (Å²) in [6.45, 7) is 1.42. The van der Waals surface area contributed by atoms with Gasteiger partial charge in [0.25, 0.3) is 0 Å². The monoisotopic (exact) mass is 284 g/mol. The third kappa shape index (κ3) is 2.14. The molecule has 3 aromatic rings. The summed E-state index contributed by atoms with van der Waals surface area (Å²) in [5.41, 5.74) is 1.39. The lowest BCUT2D eigenvalue weighted by Gasteiger charge is -2.10. The van der Waals surface area contributed by atoms with Gasteiger partial charge in [-0.2, -0.15) is 0 Å². The maximum absolute atomic E-state index is 14.0. The molecule has 1 aromatic heterocycles. The standard InChI is InChI=1S/C17H13FO3/c1-10-5-2-3-6-11(10)15-14(9-19)21-13-8-4-7-12(18)16(13)17(15)20/h2-8,19H,9H2,1H3. The molecule has 0 radical (unpaired) electrons. The Kier molecular flexibility index (Phi) is 3.31. The van der Waals surface area contributed by atoms with E-state index in [0.29, 0.717) is 5.56 Å². The highest BCUT2D eigenvalue weighted by Crippen LogP contribution is 2.27. The molecule has 21 heavy (non-hydrogen) atoms. The largest absolute Gasteiger partial charge is 0.458 e. The summed E-state index contributed by atoms with van der Waals surface area (Å²) in [6.07, 6.45) is 0. The Bertz CT molecular complexity index is 881. The van der Waals surface area contributed by atoms with Crippen LogP contribution < -0.4 is 5.43 Å². The van der Waals surface area contributed by atoms with Crippen LogP contribution in [0.1, 0.15) is 11.3 Å². The van der Waals surface area contributed by atoms with Crippen LogP contribution in [-0.2, 0) is 6.61 Å². The van der Waals surface area contributed by atoms with Crippen LogP contribution in [0.2, 0.25) is 0 Å². The van der Waals surface area contributed by atoms with Crippen molar-refractivity contribution >= 4 is 11.0 Å². The zero-order valence-corrected chi connectivity index (χ0v) is 11.4. The van der Waals surface area contributed by atoms with Gasteiger partial charge in [0.05, 0.1) is 5.56 Å². The molecule has 0 saturated carbocycles. The van der Waals surface area contributed by atoms with Gasteiger partial charge in [-0.25, -0.2) is 4.39 Å². The highest BCUT2D eigenvalue weighted by molar-refractivity contribution is 5.84. The van der Waals surface area contributed by atoms with E-state index in [4.69, 9.17) is 4.42 Å². The Morgan fingerprint density at radius 2 is 1.90 bits per heavy atom. The lowest BCUT2D eigenvalue weighted by atomic mass is 9.98. The first-order valence-corrected chi connectivity index (χ1v) is 6.54. The van der Waals surface area contributed by atoms with Crippen LogP contribution in [0.3, 0.4) is 0 Å². The van der Waals surface area contributed by atoms with E-state index in [0.717, 1.165) is 5.56 Å².